The molecule has 6 heteroatoms. The molecule has 0 bridgehead atoms. The molecular formula is C14H15FO5. The number of Topliss-reactive ketones (excluding diaryl/α,β-unsaturated/α-hetero) is 1. The third kappa shape index (κ3) is 1.92. The zero-order valence-electron chi connectivity index (χ0n) is 11.5. The van der Waals surface area contributed by atoms with Crippen LogP contribution in [0, 0.1) is 0 Å². The SMILES string of the molecule is COC(=O)C1(F)CCc2c(OC)ccc(OC)c2C1=O. The molecule has 0 saturated heterocycles. The van der Waals surface area contributed by atoms with Crippen molar-refractivity contribution in [2.45, 2.75) is 18.5 Å². The van der Waals surface area contributed by atoms with Crippen LogP contribution < -0.4 is 9.47 Å². The molecule has 2 rings (SSSR count). The maximum atomic E-state index is 14.7. The van der Waals surface area contributed by atoms with Crippen molar-refractivity contribution in [2.24, 2.45) is 0 Å². The molecule has 0 heterocycles. The largest absolute Gasteiger partial charge is 0.496 e. The molecule has 1 aromatic carbocycles. The van der Waals surface area contributed by atoms with E-state index in [1.165, 1.54) is 20.3 Å². The predicted octanol–water partition coefficient (Wildman–Crippen LogP) is 1.71. The van der Waals surface area contributed by atoms with E-state index in [9.17, 15) is 14.0 Å². The fraction of sp³-hybridized carbons (Fsp3) is 0.429. The van der Waals surface area contributed by atoms with Crippen molar-refractivity contribution < 1.29 is 28.2 Å². The zero-order valence-corrected chi connectivity index (χ0v) is 11.5. The summed E-state index contributed by atoms with van der Waals surface area (Å²) in [6.07, 6.45) is -0.0813. The van der Waals surface area contributed by atoms with E-state index in [0.29, 0.717) is 11.3 Å². The molecule has 0 aromatic heterocycles. The van der Waals surface area contributed by atoms with E-state index in [4.69, 9.17) is 9.47 Å². The smallest absolute Gasteiger partial charge is 0.351 e. The van der Waals surface area contributed by atoms with Crippen molar-refractivity contribution in [3.8, 4) is 11.5 Å². The molecule has 20 heavy (non-hydrogen) atoms. The Morgan fingerprint density at radius 1 is 1.20 bits per heavy atom. The molecule has 0 saturated carbocycles. The lowest BCUT2D eigenvalue weighted by molar-refractivity contribution is -0.151. The number of fused-ring (bicyclic) bond motifs is 1. The minimum atomic E-state index is -2.67. The average molecular weight is 282 g/mol. The van der Waals surface area contributed by atoms with Crippen LogP contribution in [0.5, 0.6) is 11.5 Å². The Balaban J connectivity index is 2.61. The number of ether oxygens (including phenoxy) is 3. The fourth-order valence-corrected chi connectivity index (χ4v) is 2.43. The van der Waals surface area contributed by atoms with Gasteiger partial charge in [-0.3, -0.25) is 4.79 Å². The van der Waals surface area contributed by atoms with Crippen LogP contribution in [-0.2, 0) is 16.0 Å². The summed E-state index contributed by atoms with van der Waals surface area (Å²) in [5, 5.41) is 0. The third-order valence-electron chi connectivity index (χ3n) is 3.49. The van der Waals surface area contributed by atoms with Gasteiger partial charge < -0.3 is 14.2 Å². The van der Waals surface area contributed by atoms with Crippen LogP contribution in [0.3, 0.4) is 0 Å². The number of halogens is 1. The van der Waals surface area contributed by atoms with Crippen LogP contribution in [0.4, 0.5) is 4.39 Å². The number of alkyl halides is 1. The van der Waals surface area contributed by atoms with Gasteiger partial charge in [-0.25, -0.2) is 9.18 Å². The quantitative estimate of drug-likeness (QED) is 0.624. The minimum Gasteiger partial charge on any atom is -0.496 e. The summed E-state index contributed by atoms with van der Waals surface area (Å²) < 4.78 is 29.3. The summed E-state index contributed by atoms with van der Waals surface area (Å²) >= 11 is 0. The predicted molar refractivity (Wildman–Crippen MR) is 68.1 cm³/mol. The Hall–Kier alpha value is -2.11. The summed E-state index contributed by atoms with van der Waals surface area (Å²) in [4.78, 5) is 23.9. The van der Waals surface area contributed by atoms with E-state index in [-0.39, 0.29) is 24.2 Å². The number of methoxy groups -OCH3 is 3. The maximum absolute atomic E-state index is 14.7. The highest BCUT2D eigenvalue weighted by molar-refractivity contribution is 6.18. The summed E-state index contributed by atoms with van der Waals surface area (Å²) in [5.74, 6) is -1.43. The first-order valence-corrected chi connectivity index (χ1v) is 6.05. The second-order valence-corrected chi connectivity index (χ2v) is 4.45. The molecule has 1 aliphatic rings. The maximum Gasteiger partial charge on any atom is 0.351 e. The summed E-state index contributed by atoms with van der Waals surface area (Å²) in [6.45, 7) is 0. The molecule has 0 aliphatic heterocycles. The lowest BCUT2D eigenvalue weighted by Gasteiger charge is -2.29. The normalized spacial score (nSPS) is 21.1. The van der Waals surface area contributed by atoms with Crippen molar-refractivity contribution in [1.29, 1.82) is 0 Å². The van der Waals surface area contributed by atoms with Crippen LogP contribution in [0.1, 0.15) is 22.3 Å². The number of ketones is 1. The summed E-state index contributed by atoms with van der Waals surface area (Å²) in [7, 11) is 3.89. The molecule has 0 N–H and O–H groups in total. The van der Waals surface area contributed by atoms with E-state index >= 15 is 0 Å². The van der Waals surface area contributed by atoms with Gasteiger partial charge >= 0.3 is 5.97 Å². The number of rotatable bonds is 3. The third-order valence-corrected chi connectivity index (χ3v) is 3.49. The highest BCUT2D eigenvalue weighted by atomic mass is 19.1. The Bertz CT molecular complexity index is 569. The molecule has 1 aliphatic carbocycles. The molecule has 5 nitrogen and oxygen atoms in total. The van der Waals surface area contributed by atoms with Gasteiger partial charge in [-0.05, 0) is 18.6 Å². The first-order valence-electron chi connectivity index (χ1n) is 6.05. The molecule has 108 valence electrons. The monoisotopic (exact) mass is 282 g/mol. The Morgan fingerprint density at radius 3 is 2.35 bits per heavy atom. The number of carbonyl (C=O) groups excluding carboxylic acids is 2. The van der Waals surface area contributed by atoms with Crippen LogP contribution in [-0.4, -0.2) is 38.8 Å². The van der Waals surface area contributed by atoms with Gasteiger partial charge in [0.05, 0.1) is 26.9 Å². The number of benzene rings is 1. The van der Waals surface area contributed by atoms with Gasteiger partial charge in [0.2, 0.25) is 5.78 Å². The highest BCUT2D eigenvalue weighted by Crippen LogP contribution is 2.41. The number of esters is 1. The van der Waals surface area contributed by atoms with Gasteiger partial charge in [-0.1, -0.05) is 0 Å². The molecular weight excluding hydrogens is 267 g/mol. The minimum absolute atomic E-state index is 0.0472. The van der Waals surface area contributed by atoms with Crippen LogP contribution in [0.25, 0.3) is 0 Å². The van der Waals surface area contributed by atoms with Crippen LogP contribution in [0.15, 0.2) is 12.1 Å². The van der Waals surface area contributed by atoms with Gasteiger partial charge in [-0.15, -0.1) is 0 Å². The van der Waals surface area contributed by atoms with Gasteiger partial charge in [0.25, 0.3) is 5.67 Å². The lowest BCUT2D eigenvalue weighted by atomic mass is 9.79. The van der Waals surface area contributed by atoms with Gasteiger partial charge in [0, 0.05) is 12.0 Å². The average Bonchev–Trinajstić information content (AvgIpc) is 2.48. The second-order valence-electron chi connectivity index (χ2n) is 4.45. The number of carbonyl (C=O) groups is 2. The van der Waals surface area contributed by atoms with Gasteiger partial charge in [0.15, 0.2) is 0 Å². The first kappa shape index (κ1) is 14.3. The fourth-order valence-electron chi connectivity index (χ4n) is 2.43. The molecule has 0 radical (unpaired) electrons. The lowest BCUT2D eigenvalue weighted by Crippen LogP contribution is -2.46. The Kier molecular flexibility index (Phi) is 3.65. The molecule has 0 amide bonds. The van der Waals surface area contributed by atoms with Crippen molar-refractivity contribution >= 4 is 11.8 Å². The van der Waals surface area contributed by atoms with E-state index in [1.807, 2.05) is 0 Å². The van der Waals surface area contributed by atoms with E-state index in [2.05, 4.69) is 4.74 Å². The topological polar surface area (TPSA) is 61.8 Å². The van der Waals surface area contributed by atoms with E-state index in [1.54, 1.807) is 6.07 Å². The van der Waals surface area contributed by atoms with E-state index < -0.39 is 17.4 Å². The number of hydrogen-bond donors (Lipinski definition) is 0. The Labute approximate surface area is 115 Å². The van der Waals surface area contributed by atoms with Crippen LogP contribution in [0.2, 0.25) is 0 Å². The summed E-state index contributed by atoms with van der Waals surface area (Å²) in [5.41, 5.74) is -2.07. The molecule has 0 fully saturated rings. The van der Waals surface area contributed by atoms with Crippen molar-refractivity contribution in [3.63, 3.8) is 0 Å². The van der Waals surface area contributed by atoms with E-state index in [0.717, 1.165) is 7.11 Å². The molecule has 1 aromatic rings. The standard InChI is InChI=1S/C14H15FO5/c1-18-9-4-5-10(19-2)11-8(9)6-7-14(15,12(11)16)13(17)20-3/h4-5H,6-7H2,1-3H3. The van der Waals surface area contributed by atoms with Crippen molar-refractivity contribution in [1.82, 2.24) is 0 Å². The summed E-state index contributed by atoms with van der Waals surface area (Å²) in [6, 6.07) is 3.16. The van der Waals surface area contributed by atoms with Crippen molar-refractivity contribution in [2.75, 3.05) is 21.3 Å². The Morgan fingerprint density at radius 2 is 1.80 bits per heavy atom. The van der Waals surface area contributed by atoms with Crippen molar-refractivity contribution in [3.05, 3.63) is 23.3 Å². The molecule has 1 atom stereocenters. The molecule has 0 spiro atoms. The van der Waals surface area contributed by atoms with Gasteiger partial charge in [-0.2, -0.15) is 0 Å². The number of hydrogen-bond acceptors (Lipinski definition) is 5. The zero-order chi connectivity index (χ0) is 14.9. The van der Waals surface area contributed by atoms with Crippen LogP contribution >= 0.6 is 0 Å². The second kappa shape index (κ2) is 5.11. The van der Waals surface area contributed by atoms with Gasteiger partial charge in [0.1, 0.15) is 11.5 Å². The highest BCUT2D eigenvalue weighted by Gasteiger charge is 2.52. The first-order chi connectivity index (χ1) is 9.49. The molecule has 1 unspecified atom stereocenters.